The average molecular weight is 582 g/mol. The van der Waals surface area contributed by atoms with Crippen LogP contribution < -0.4 is 0 Å². The zero-order valence-corrected chi connectivity index (χ0v) is 30.9. The summed E-state index contributed by atoms with van der Waals surface area (Å²) in [5, 5.41) is 15.1. The van der Waals surface area contributed by atoms with Crippen LogP contribution in [-0.4, -0.2) is 0 Å². The Morgan fingerprint density at radius 3 is 0.791 bits per heavy atom. The molecule has 1 heteroatoms. The van der Waals surface area contributed by atoms with Crippen molar-refractivity contribution in [2.75, 3.05) is 0 Å². The first-order chi connectivity index (χ1) is 19.1. The van der Waals surface area contributed by atoms with Crippen LogP contribution in [0.3, 0.4) is 0 Å². The highest BCUT2D eigenvalue weighted by molar-refractivity contribution is 5.88. The highest BCUT2D eigenvalue weighted by Crippen LogP contribution is 2.51. The second-order valence-corrected chi connectivity index (χ2v) is 19.1. The van der Waals surface area contributed by atoms with Gasteiger partial charge in [0.15, 0.2) is 5.75 Å². The molecule has 1 nitrogen and oxygen atoms in total. The summed E-state index contributed by atoms with van der Waals surface area (Å²) in [6, 6.07) is 15.7. The quantitative estimate of drug-likeness (QED) is 0.287. The van der Waals surface area contributed by atoms with Crippen LogP contribution in [0.2, 0.25) is 0 Å². The van der Waals surface area contributed by atoms with Gasteiger partial charge in [-0.3, -0.25) is 5.11 Å². The maximum Gasteiger partial charge on any atom is 0.194 e. The standard InChI is InChI=1S/C42H61O/c1-37(2,3)26-22-30(39(7,8)9)34(31(23-26)40(10,11)12)28-20-19-21-29(36(28)43)35-32(41(13,14)15)24-27(38(4,5)6)25-33(35)42(16,17)18/h19-25H,1-18H3. The lowest BCUT2D eigenvalue weighted by atomic mass is 9.69. The Kier molecular flexibility index (Phi) is 8.79. The summed E-state index contributed by atoms with van der Waals surface area (Å²) in [4.78, 5) is 0. The van der Waals surface area contributed by atoms with Crippen molar-refractivity contribution in [2.24, 2.45) is 0 Å². The summed E-state index contributed by atoms with van der Waals surface area (Å²) in [7, 11) is 0. The number of para-hydroxylation sites is 1. The van der Waals surface area contributed by atoms with Crippen LogP contribution in [-0.2, 0) is 37.6 Å². The Bertz CT molecular complexity index is 1310. The van der Waals surface area contributed by atoms with E-state index in [9.17, 15) is 0 Å². The fourth-order valence-electron chi connectivity index (χ4n) is 6.03. The molecule has 0 spiro atoms. The van der Waals surface area contributed by atoms with E-state index in [1.165, 1.54) is 33.4 Å². The van der Waals surface area contributed by atoms with E-state index >= 15 is 5.11 Å². The first kappa shape index (κ1) is 34.9. The molecule has 1 radical (unpaired) electrons. The van der Waals surface area contributed by atoms with Gasteiger partial charge in [-0.25, -0.2) is 0 Å². The second kappa shape index (κ2) is 10.8. The number of hydrogen-bond acceptors (Lipinski definition) is 0. The average Bonchev–Trinajstić information content (AvgIpc) is 2.79. The lowest BCUT2D eigenvalue weighted by Crippen LogP contribution is -2.23. The molecule has 0 heterocycles. The monoisotopic (exact) mass is 581 g/mol. The molecule has 0 aromatic heterocycles. The van der Waals surface area contributed by atoms with Crippen LogP contribution in [0.25, 0.3) is 22.3 Å². The molecule has 43 heavy (non-hydrogen) atoms. The minimum absolute atomic E-state index is 0.00130. The van der Waals surface area contributed by atoms with Crippen LogP contribution in [0.4, 0.5) is 0 Å². The van der Waals surface area contributed by atoms with Crippen molar-refractivity contribution >= 4 is 0 Å². The van der Waals surface area contributed by atoms with Crippen LogP contribution in [0.5, 0.6) is 5.75 Å². The molecule has 0 N–H and O–H groups in total. The van der Waals surface area contributed by atoms with Gasteiger partial charge in [-0.1, -0.05) is 167 Å². The largest absolute Gasteiger partial charge is 0.289 e. The molecule has 0 saturated heterocycles. The van der Waals surface area contributed by atoms with Crippen molar-refractivity contribution in [2.45, 2.75) is 157 Å². The van der Waals surface area contributed by atoms with Crippen molar-refractivity contribution in [1.29, 1.82) is 0 Å². The Hall–Kier alpha value is -2.54. The van der Waals surface area contributed by atoms with E-state index in [2.05, 4.69) is 167 Å². The third-order valence-electron chi connectivity index (χ3n) is 8.79. The van der Waals surface area contributed by atoms with Crippen molar-refractivity contribution in [3.63, 3.8) is 0 Å². The summed E-state index contributed by atoms with van der Waals surface area (Å²) in [6.45, 7) is 41.0. The maximum absolute atomic E-state index is 15.1. The van der Waals surface area contributed by atoms with Crippen LogP contribution in [0.15, 0.2) is 42.5 Å². The van der Waals surface area contributed by atoms with E-state index in [4.69, 9.17) is 0 Å². The first-order valence-electron chi connectivity index (χ1n) is 16.3. The Morgan fingerprint density at radius 2 is 0.605 bits per heavy atom. The smallest absolute Gasteiger partial charge is 0.194 e. The van der Waals surface area contributed by atoms with Gasteiger partial charge in [0.05, 0.1) is 0 Å². The molecule has 0 amide bonds. The van der Waals surface area contributed by atoms with E-state index < -0.39 is 0 Å². The third-order valence-corrected chi connectivity index (χ3v) is 8.79. The third kappa shape index (κ3) is 7.24. The predicted molar refractivity (Wildman–Crippen MR) is 190 cm³/mol. The fourth-order valence-corrected chi connectivity index (χ4v) is 6.03. The molecular weight excluding hydrogens is 520 g/mol. The van der Waals surface area contributed by atoms with E-state index in [1.807, 2.05) is 0 Å². The minimum Gasteiger partial charge on any atom is -0.289 e. The zero-order valence-electron chi connectivity index (χ0n) is 30.9. The minimum atomic E-state index is -0.138. The second-order valence-electron chi connectivity index (χ2n) is 19.1. The molecule has 0 fully saturated rings. The molecule has 3 rings (SSSR count). The van der Waals surface area contributed by atoms with Crippen molar-refractivity contribution < 1.29 is 5.11 Å². The molecule has 0 saturated carbocycles. The Balaban J connectivity index is 2.61. The van der Waals surface area contributed by atoms with Crippen LogP contribution in [0.1, 0.15) is 158 Å². The predicted octanol–water partition coefficient (Wildman–Crippen LogP) is 12.9. The summed E-state index contributed by atoms with van der Waals surface area (Å²) >= 11 is 0. The molecule has 0 aliphatic carbocycles. The van der Waals surface area contributed by atoms with E-state index in [1.54, 1.807) is 0 Å². The summed E-state index contributed by atoms with van der Waals surface area (Å²) in [5.74, 6) is 0.126. The van der Waals surface area contributed by atoms with Crippen molar-refractivity contribution in [1.82, 2.24) is 0 Å². The first-order valence-corrected chi connectivity index (χ1v) is 16.3. The Labute approximate surface area is 265 Å². The van der Waals surface area contributed by atoms with Gasteiger partial charge >= 0.3 is 0 Å². The van der Waals surface area contributed by atoms with E-state index in [0.29, 0.717) is 0 Å². The summed E-state index contributed by atoms with van der Waals surface area (Å²) in [6.07, 6.45) is 0. The highest BCUT2D eigenvalue weighted by Gasteiger charge is 2.34. The van der Waals surface area contributed by atoms with Gasteiger partial charge in [-0.05, 0) is 77.0 Å². The zero-order chi connectivity index (χ0) is 33.3. The fraction of sp³-hybridized carbons (Fsp3) is 0.571. The number of rotatable bonds is 2. The topological polar surface area (TPSA) is 19.9 Å². The van der Waals surface area contributed by atoms with Crippen LogP contribution >= 0.6 is 0 Å². The summed E-state index contributed by atoms with van der Waals surface area (Å²) in [5.41, 5.74) is 10.9. The highest BCUT2D eigenvalue weighted by atomic mass is 16.3. The van der Waals surface area contributed by atoms with Gasteiger partial charge in [-0.15, -0.1) is 0 Å². The Morgan fingerprint density at radius 1 is 0.372 bits per heavy atom. The van der Waals surface area contributed by atoms with E-state index in [0.717, 1.165) is 22.3 Å². The number of benzene rings is 3. The lowest BCUT2D eigenvalue weighted by molar-refractivity contribution is 0.358. The SMILES string of the molecule is CC(C)(C)c1cc(C(C)(C)C)c(-c2cccc(-c3c(C(C)(C)C)cc(C(C)(C)C)cc3C(C)(C)C)c2[O])c(C(C)(C)C)c1. The molecule has 235 valence electrons. The molecule has 0 aliphatic heterocycles. The van der Waals surface area contributed by atoms with Gasteiger partial charge in [0, 0.05) is 11.1 Å². The summed E-state index contributed by atoms with van der Waals surface area (Å²) < 4.78 is 0. The molecular formula is C42H61O. The molecule has 0 unspecified atom stereocenters. The lowest BCUT2D eigenvalue weighted by Gasteiger charge is -2.35. The van der Waals surface area contributed by atoms with Gasteiger partial charge in [0.25, 0.3) is 0 Å². The molecule has 3 aromatic rings. The molecule has 0 aliphatic rings. The van der Waals surface area contributed by atoms with Gasteiger partial charge in [0.1, 0.15) is 0 Å². The van der Waals surface area contributed by atoms with Crippen molar-refractivity contribution in [3.05, 3.63) is 75.8 Å². The molecule has 3 aromatic carbocycles. The maximum atomic E-state index is 15.1. The van der Waals surface area contributed by atoms with Gasteiger partial charge in [-0.2, -0.15) is 0 Å². The normalized spacial score (nSPS) is 13.9. The number of hydrogen-bond donors (Lipinski definition) is 0. The van der Waals surface area contributed by atoms with Gasteiger partial charge in [0.2, 0.25) is 0 Å². The molecule has 0 bridgehead atoms. The molecule has 0 atom stereocenters. The van der Waals surface area contributed by atoms with Crippen molar-refractivity contribution in [3.8, 4) is 28.0 Å². The van der Waals surface area contributed by atoms with Gasteiger partial charge < -0.3 is 0 Å². The van der Waals surface area contributed by atoms with E-state index in [-0.39, 0.29) is 38.2 Å². The van der Waals surface area contributed by atoms with Crippen LogP contribution in [0, 0.1) is 0 Å².